The monoisotopic (exact) mass is 568 g/mol. The van der Waals surface area contributed by atoms with Crippen LogP contribution in [-0.2, 0) is 44.2 Å². The average molecular weight is 569 g/mol. The maximum Gasteiger partial charge on any atom is 0.355 e. The van der Waals surface area contributed by atoms with E-state index in [-0.39, 0.29) is 41.0 Å². The molecule has 0 amide bonds. The van der Waals surface area contributed by atoms with Gasteiger partial charge in [0.25, 0.3) is 5.56 Å². The number of ether oxygens (including phenoxy) is 3. The molecule has 4 aromatic rings. The zero-order chi connectivity index (χ0) is 29.8. The number of carbonyl (C=O) groups excluding carboxylic acids is 2. The zero-order valence-electron chi connectivity index (χ0n) is 23.4. The van der Waals surface area contributed by atoms with E-state index in [1.54, 1.807) is 17.6 Å². The molecule has 2 aromatic heterocycles. The van der Waals surface area contributed by atoms with Gasteiger partial charge < -0.3 is 23.9 Å². The molecule has 6 rings (SSSR count). The van der Waals surface area contributed by atoms with E-state index in [1.807, 2.05) is 19.1 Å². The maximum atomic E-state index is 13.8. The summed E-state index contributed by atoms with van der Waals surface area (Å²) in [6.45, 7) is 5.35. The summed E-state index contributed by atoms with van der Waals surface area (Å²) in [7, 11) is 0. The Balaban J connectivity index is 1.39. The van der Waals surface area contributed by atoms with Crippen molar-refractivity contribution in [2.24, 2.45) is 0 Å². The smallest absolute Gasteiger partial charge is 0.355 e. The van der Waals surface area contributed by atoms with Crippen LogP contribution in [0.5, 0.6) is 5.75 Å². The minimum Gasteiger partial charge on any atom is -0.482 e. The van der Waals surface area contributed by atoms with Crippen LogP contribution in [-0.4, -0.2) is 39.2 Å². The van der Waals surface area contributed by atoms with Crippen molar-refractivity contribution in [3.05, 3.63) is 92.3 Å². The predicted molar refractivity (Wildman–Crippen MR) is 151 cm³/mol. The van der Waals surface area contributed by atoms with E-state index >= 15 is 0 Å². The minimum atomic E-state index is -1.85. The summed E-state index contributed by atoms with van der Waals surface area (Å²) < 4.78 is 18.3. The van der Waals surface area contributed by atoms with Crippen LogP contribution in [0.25, 0.3) is 22.3 Å². The van der Waals surface area contributed by atoms with Gasteiger partial charge in [-0.3, -0.25) is 4.79 Å². The van der Waals surface area contributed by atoms with Crippen molar-refractivity contribution in [1.82, 2.24) is 9.55 Å². The van der Waals surface area contributed by atoms with Gasteiger partial charge in [-0.15, -0.1) is 0 Å². The van der Waals surface area contributed by atoms with E-state index < -0.39 is 30.1 Å². The van der Waals surface area contributed by atoms with Crippen molar-refractivity contribution < 1.29 is 33.7 Å². The molecule has 42 heavy (non-hydrogen) atoms. The molecule has 2 aliphatic heterocycles. The highest BCUT2D eigenvalue weighted by Gasteiger charge is 2.50. The first-order valence-corrected chi connectivity index (χ1v) is 13.7. The van der Waals surface area contributed by atoms with Gasteiger partial charge in [0.05, 0.1) is 34.6 Å². The molecule has 2 aliphatic rings. The van der Waals surface area contributed by atoms with Gasteiger partial charge in [0, 0.05) is 16.5 Å². The number of carbonyl (C=O) groups is 3. The predicted octanol–water partition coefficient (Wildman–Crippen LogP) is 4.28. The van der Waals surface area contributed by atoms with E-state index in [4.69, 9.17) is 24.3 Å². The molecule has 1 N–H and O–H groups in total. The Morgan fingerprint density at radius 3 is 2.52 bits per heavy atom. The lowest BCUT2D eigenvalue weighted by Crippen LogP contribution is -2.48. The average Bonchev–Trinajstić information content (AvgIpc) is 3.35. The molecule has 214 valence electrons. The van der Waals surface area contributed by atoms with Crippen LogP contribution in [0.3, 0.4) is 0 Å². The van der Waals surface area contributed by atoms with Gasteiger partial charge in [0.1, 0.15) is 12.4 Å². The number of rotatable bonds is 7. The molecule has 0 radical (unpaired) electrons. The number of esters is 2. The van der Waals surface area contributed by atoms with Crippen molar-refractivity contribution in [2.45, 2.75) is 52.4 Å². The molecule has 2 aromatic carbocycles. The van der Waals surface area contributed by atoms with E-state index in [0.717, 1.165) is 34.0 Å². The first kappa shape index (κ1) is 27.2. The molecule has 4 heterocycles. The van der Waals surface area contributed by atoms with Crippen LogP contribution in [0.1, 0.15) is 58.4 Å². The second-order valence-corrected chi connectivity index (χ2v) is 10.5. The molecule has 1 unspecified atom stereocenters. The van der Waals surface area contributed by atoms with E-state index in [2.05, 4.69) is 13.0 Å². The molecule has 0 saturated heterocycles. The van der Waals surface area contributed by atoms with Crippen molar-refractivity contribution in [2.75, 3.05) is 6.61 Å². The van der Waals surface area contributed by atoms with Crippen LogP contribution < -0.4 is 10.3 Å². The summed E-state index contributed by atoms with van der Waals surface area (Å²) in [5.41, 5.74) is 3.69. The Morgan fingerprint density at radius 2 is 1.83 bits per heavy atom. The highest BCUT2D eigenvalue weighted by Crippen LogP contribution is 2.42. The Bertz CT molecular complexity index is 1860. The van der Waals surface area contributed by atoms with Crippen LogP contribution >= 0.6 is 0 Å². The largest absolute Gasteiger partial charge is 0.482 e. The lowest BCUT2D eigenvalue weighted by atomic mass is 9.85. The van der Waals surface area contributed by atoms with Gasteiger partial charge in [-0.1, -0.05) is 25.5 Å². The fourth-order valence-corrected chi connectivity index (χ4v) is 5.90. The standard InChI is InChI=1S/C32H28N2O8/c1-4-20-21-12-17(3)6-11-25(21)33-28-22(20)14-34-26(28)13-24-23(29(34)36)15-41-31(39)32(24,5-2)42-27(35)16-40-19-9-7-18(8-10-19)30(37)38/h6-13H,4-5,14-16H2,1-3H3,(H,37,38). The first-order chi connectivity index (χ1) is 20.2. The second-order valence-electron chi connectivity index (χ2n) is 10.5. The van der Waals surface area contributed by atoms with Crippen LogP contribution in [0.2, 0.25) is 0 Å². The Hall–Kier alpha value is -4.99. The lowest BCUT2D eigenvalue weighted by molar-refractivity contribution is -0.190. The SMILES string of the molecule is CCc1c2c(nc3ccc(C)cc13)-c1cc3c(c(=O)n1C2)COC(=O)C3(CC)OC(=O)COc1ccc(C(=O)O)cc1. The van der Waals surface area contributed by atoms with Gasteiger partial charge in [-0.05, 0) is 67.8 Å². The molecular weight excluding hydrogens is 540 g/mol. The van der Waals surface area contributed by atoms with Gasteiger partial charge in [0.2, 0.25) is 5.60 Å². The molecule has 10 nitrogen and oxygen atoms in total. The summed E-state index contributed by atoms with van der Waals surface area (Å²) in [5.74, 6) is -2.45. The van der Waals surface area contributed by atoms with Crippen molar-refractivity contribution in [3.63, 3.8) is 0 Å². The maximum absolute atomic E-state index is 13.8. The quantitative estimate of drug-likeness (QED) is 0.286. The first-order valence-electron chi connectivity index (χ1n) is 13.7. The van der Waals surface area contributed by atoms with E-state index in [9.17, 15) is 19.2 Å². The zero-order valence-corrected chi connectivity index (χ0v) is 23.4. The van der Waals surface area contributed by atoms with Crippen LogP contribution in [0.15, 0.2) is 53.3 Å². The number of aromatic nitrogens is 2. The van der Waals surface area contributed by atoms with Gasteiger partial charge >= 0.3 is 17.9 Å². The van der Waals surface area contributed by atoms with Gasteiger partial charge in [-0.25, -0.2) is 19.4 Å². The number of pyridine rings is 2. The number of fused-ring (bicyclic) bond motifs is 5. The van der Waals surface area contributed by atoms with Crippen molar-refractivity contribution >= 4 is 28.8 Å². The molecule has 0 aliphatic carbocycles. The highest BCUT2D eigenvalue weighted by atomic mass is 16.6. The van der Waals surface area contributed by atoms with Crippen molar-refractivity contribution in [3.8, 4) is 17.1 Å². The molecule has 1 atom stereocenters. The topological polar surface area (TPSA) is 134 Å². The fraction of sp³-hybridized carbons (Fsp3) is 0.281. The Morgan fingerprint density at radius 1 is 1.07 bits per heavy atom. The molecule has 0 saturated carbocycles. The summed E-state index contributed by atoms with van der Waals surface area (Å²) >= 11 is 0. The number of hydrogen-bond acceptors (Lipinski definition) is 8. The summed E-state index contributed by atoms with van der Waals surface area (Å²) in [6, 6.07) is 13.3. The third-order valence-electron chi connectivity index (χ3n) is 8.03. The number of carboxylic acid groups (broad SMARTS) is 1. The molecule has 0 bridgehead atoms. The van der Waals surface area contributed by atoms with Gasteiger partial charge in [0.15, 0.2) is 6.61 Å². The number of benzene rings is 2. The number of aryl methyl sites for hydroxylation is 2. The Labute approximate surface area is 240 Å². The second kappa shape index (κ2) is 10.1. The highest BCUT2D eigenvalue weighted by molar-refractivity contribution is 5.90. The number of aromatic carboxylic acids is 1. The molecular formula is C32H28N2O8. The van der Waals surface area contributed by atoms with Crippen molar-refractivity contribution in [1.29, 1.82) is 0 Å². The summed E-state index contributed by atoms with van der Waals surface area (Å²) in [6.07, 6.45) is 0.780. The third-order valence-corrected chi connectivity index (χ3v) is 8.03. The molecule has 0 spiro atoms. The molecule has 0 fully saturated rings. The minimum absolute atomic E-state index is 0.0261. The number of carboxylic acids is 1. The number of hydrogen-bond donors (Lipinski definition) is 1. The van der Waals surface area contributed by atoms with E-state index in [0.29, 0.717) is 17.9 Å². The molecule has 10 heteroatoms. The summed E-state index contributed by atoms with van der Waals surface area (Å²) in [4.78, 5) is 56.1. The fourth-order valence-electron chi connectivity index (χ4n) is 5.90. The summed E-state index contributed by atoms with van der Waals surface area (Å²) in [5, 5.41) is 10.1. The Kier molecular flexibility index (Phi) is 6.56. The van der Waals surface area contributed by atoms with E-state index in [1.165, 1.54) is 24.3 Å². The van der Waals surface area contributed by atoms with Crippen LogP contribution in [0, 0.1) is 6.92 Å². The lowest BCUT2D eigenvalue weighted by Gasteiger charge is -2.35. The van der Waals surface area contributed by atoms with Crippen LogP contribution in [0.4, 0.5) is 0 Å². The van der Waals surface area contributed by atoms with Gasteiger partial charge in [-0.2, -0.15) is 0 Å². The number of nitrogens with zero attached hydrogens (tertiary/aromatic N) is 2. The number of cyclic esters (lactones) is 1. The normalized spacial score (nSPS) is 16.8. The third kappa shape index (κ3) is 4.22.